The van der Waals surface area contributed by atoms with E-state index in [9.17, 15) is 4.79 Å². The summed E-state index contributed by atoms with van der Waals surface area (Å²) in [7, 11) is 0. The summed E-state index contributed by atoms with van der Waals surface area (Å²) in [6.45, 7) is 5.88. The summed E-state index contributed by atoms with van der Waals surface area (Å²) < 4.78 is 5.37. The van der Waals surface area contributed by atoms with Crippen molar-refractivity contribution < 1.29 is 9.53 Å². The van der Waals surface area contributed by atoms with Gasteiger partial charge in [0.25, 0.3) is 0 Å². The van der Waals surface area contributed by atoms with E-state index in [-0.39, 0.29) is 5.78 Å². The van der Waals surface area contributed by atoms with Crippen molar-refractivity contribution in [1.82, 2.24) is 0 Å². The van der Waals surface area contributed by atoms with Crippen LogP contribution in [0.2, 0.25) is 0 Å². The van der Waals surface area contributed by atoms with Crippen molar-refractivity contribution in [3.63, 3.8) is 0 Å². The number of anilines is 1. The standard InChI is InChI=1S/C11H15NO2/c1-4-14-11-7(2)5-9(8(3)13)6-10(11)12/h5-6H,4,12H2,1-3H3. The zero-order valence-corrected chi connectivity index (χ0v) is 8.76. The van der Waals surface area contributed by atoms with Gasteiger partial charge in [-0.3, -0.25) is 4.79 Å². The number of hydrogen-bond donors (Lipinski definition) is 1. The van der Waals surface area contributed by atoms with Gasteiger partial charge in [-0.25, -0.2) is 0 Å². The van der Waals surface area contributed by atoms with Gasteiger partial charge < -0.3 is 10.5 Å². The highest BCUT2D eigenvalue weighted by Crippen LogP contribution is 2.27. The number of carbonyl (C=O) groups excluding carboxylic acids is 1. The molecule has 3 nitrogen and oxygen atoms in total. The highest BCUT2D eigenvalue weighted by Gasteiger charge is 2.08. The van der Waals surface area contributed by atoms with Crippen LogP contribution < -0.4 is 10.5 Å². The number of Topliss-reactive ketones (excluding diaryl/α,β-unsaturated/α-hetero) is 1. The molecule has 0 aliphatic heterocycles. The summed E-state index contributed by atoms with van der Waals surface area (Å²) in [5.74, 6) is 0.695. The Kier molecular flexibility index (Phi) is 3.12. The summed E-state index contributed by atoms with van der Waals surface area (Å²) in [5, 5.41) is 0. The second kappa shape index (κ2) is 4.13. The molecule has 1 aromatic carbocycles. The van der Waals surface area contributed by atoms with Gasteiger partial charge in [0.2, 0.25) is 0 Å². The number of carbonyl (C=O) groups is 1. The molecular formula is C11H15NO2. The smallest absolute Gasteiger partial charge is 0.159 e. The van der Waals surface area contributed by atoms with Crippen LogP contribution in [0.4, 0.5) is 5.69 Å². The molecule has 0 fully saturated rings. The fourth-order valence-electron chi connectivity index (χ4n) is 1.35. The quantitative estimate of drug-likeness (QED) is 0.591. The number of nitrogens with two attached hydrogens (primary N) is 1. The summed E-state index contributed by atoms with van der Waals surface area (Å²) in [6.07, 6.45) is 0. The number of benzene rings is 1. The van der Waals surface area contributed by atoms with E-state index in [1.807, 2.05) is 13.8 Å². The van der Waals surface area contributed by atoms with Crippen LogP contribution in [0.25, 0.3) is 0 Å². The first-order chi connectivity index (χ1) is 6.56. The Morgan fingerprint density at radius 1 is 1.50 bits per heavy atom. The van der Waals surface area contributed by atoms with Gasteiger partial charge in [0.1, 0.15) is 5.75 Å². The first-order valence-corrected chi connectivity index (χ1v) is 4.60. The highest BCUT2D eigenvalue weighted by molar-refractivity contribution is 5.95. The molecule has 0 saturated heterocycles. The Morgan fingerprint density at radius 3 is 2.57 bits per heavy atom. The minimum atomic E-state index is 0.0165. The Morgan fingerprint density at radius 2 is 2.14 bits per heavy atom. The van der Waals surface area contributed by atoms with Crippen LogP contribution in [0.5, 0.6) is 5.75 Å². The molecule has 76 valence electrons. The summed E-state index contributed by atoms with van der Waals surface area (Å²) >= 11 is 0. The number of rotatable bonds is 3. The van der Waals surface area contributed by atoms with Gasteiger partial charge in [0.15, 0.2) is 5.78 Å². The Bertz CT molecular complexity index is 335. The molecule has 0 heterocycles. The van der Waals surface area contributed by atoms with E-state index >= 15 is 0 Å². The van der Waals surface area contributed by atoms with E-state index in [2.05, 4.69) is 0 Å². The van der Waals surface area contributed by atoms with Crippen LogP contribution in [-0.2, 0) is 0 Å². The molecule has 0 atom stereocenters. The molecular weight excluding hydrogens is 178 g/mol. The number of nitrogen functional groups attached to an aromatic ring is 1. The average Bonchev–Trinajstić information content (AvgIpc) is 2.10. The lowest BCUT2D eigenvalue weighted by atomic mass is 10.1. The van der Waals surface area contributed by atoms with Gasteiger partial charge in [-0.1, -0.05) is 0 Å². The van der Waals surface area contributed by atoms with Gasteiger partial charge in [-0.2, -0.15) is 0 Å². The van der Waals surface area contributed by atoms with Gasteiger partial charge in [0.05, 0.1) is 12.3 Å². The largest absolute Gasteiger partial charge is 0.491 e. The van der Waals surface area contributed by atoms with Crippen molar-refractivity contribution in [3.8, 4) is 5.75 Å². The molecule has 14 heavy (non-hydrogen) atoms. The van der Waals surface area contributed by atoms with E-state index in [1.165, 1.54) is 6.92 Å². The molecule has 0 spiro atoms. The molecule has 1 aromatic rings. The monoisotopic (exact) mass is 193 g/mol. The van der Waals surface area contributed by atoms with Gasteiger partial charge >= 0.3 is 0 Å². The van der Waals surface area contributed by atoms with Gasteiger partial charge in [-0.15, -0.1) is 0 Å². The van der Waals surface area contributed by atoms with Crippen molar-refractivity contribution in [2.24, 2.45) is 0 Å². The zero-order chi connectivity index (χ0) is 10.7. The lowest BCUT2D eigenvalue weighted by Gasteiger charge is -2.11. The minimum Gasteiger partial charge on any atom is -0.491 e. The van der Waals surface area contributed by atoms with Crippen molar-refractivity contribution in [2.75, 3.05) is 12.3 Å². The van der Waals surface area contributed by atoms with Crippen LogP contribution in [0.3, 0.4) is 0 Å². The molecule has 1 rings (SSSR count). The Balaban J connectivity index is 3.18. The first-order valence-electron chi connectivity index (χ1n) is 4.60. The maximum atomic E-state index is 11.1. The average molecular weight is 193 g/mol. The van der Waals surface area contributed by atoms with Crippen molar-refractivity contribution in [3.05, 3.63) is 23.3 Å². The lowest BCUT2D eigenvalue weighted by Crippen LogP contribution is -2.02. The fourth-order valence-corrected chi connectivity index (χ4v) is 1.35. The second-order valence-electron chi connectivity index (χ2n) is 3.20. The molecule has 0 radical (unpaired) electrons. The third-order valence-electron chi connectivity index (χ3n) is 2.00. The number of hydrogen-bond acceptors (Lipinski definition) is 3. The van der Waals surface area contributed by atoms with E-state index in [1.54, 1.807) is 12.1 Å². The predicted molar refractivity (Wildman–Crippen MR) is 56.8 cm³/mol. The van der Waals surface area contributed by atoms with Crippen LogP contribution in [0.15, 0.2) is 12.1 Å². The summed E-state index contributed by atoms with van der Waals surface area (Å²) in [4.78, 5) is 11.1. The van der Waals surface area contributed by atoms with Crippen LogP contribution in [0.1, 0.15) is 29.8 Å². The van der Waals surface area contributed by atoms with E-state index < -0.39 is 0 Å². The topological polar surface area (TPSA) is 52.3 Å². The molecule has 0 saturated carbocycles. The zero-order valence-electron chi connectivity index (χ0n) is 8.76. The molecule has 2 N–H and O–H groups in total. The van der Waals surface area contributed by atoms with Crippen molar-refractivity contribution in [1.29, 1.82) is 0 Å². The summed E-state index contributed by atoms with van der Waals surface area (Å²) in [5.41, 5.74) is 7.82. The minimum absolute atomic E-state index is 0.0165. The van der Waals surface area contributed by atoms with Gasteiger partial charge in [0, 0.05) is 5.56 Å². The molecule has 0 bridgehead atoms. The molecule has 0 aliphatic carbocycles. The van der Waals surface area contributed by atoms with E-state index in [4.69, 9.17) is 10.5 Å². The van der Waals surface area contributed by atoms with Gasteiger partial charge in [-0.05, 0) is 38.5 Å². The maximum Gasteiger partial charge on any atom is 0.159 e. The normalized spacial score (nSPS) is 9.93. The second-order valence-corrected chi connectivity index (χ2v) is 3.20. The number of ether oxygens (including phenoxy) is 1. The third kappa shape index (κ3) is 2.05. The summed E-state index contributed by atoms with van der Waals surface area (Å²) in [6, 6.07) is 3.45. The lowest BCUT2D eigenvalue weighted by molar-refractivity contribution is 0.101. The van der Waals surface area contributed by atoms with E-state index in [0.29, 0.717) is 23.6 Å². The highest BCUT2D eigenvalue weighted by atomic mass is 16.5. The number of aryl methyl sites for hydroxylation is 1. The number of ketones is 1. The molecule has 0 amide bonds. The van der Waals surface area contributed by atoms with E-state index in [0.717, 1.165) is 5.56 Å². The third-order valence-corrected chi connectivity index (χ3v) is 2.00. The SMILES string of the molecule is CCOc1c(C)cc(C(C)=O)cc1N. The first kappa shape index (κ1) is 10.6. The molecule has 0 unspecified atom stereocenters. The molecule has 0 aliphatic rings. The Hall–Kier alpha value is -1.51. The Labute approximate surface area is 83.9 Å². The van der Waals surface area contributed by atoms with Crippen LogP contribution in [0, 0.1) is 6.92 Å². The van der Waals surface area contributed by atoms with Crippen LogP contribution in [-0.4, -0.2) is 12.4 Å². The maximum absolute atomic E-state index is 11.1. The molecule has 0 aromatic heterocycles. The van der Waals surface area contributed by atoms with Crippen molar-refractivity contribution in [2.45, 2.75) is 20.8 Å². The fraction of sp³-hybridized carbons (Fsp3) is 0.364. The van der Waals surface area contributed by atoms with Crippen LogP contribution >= 0.6 is 0 Å². The van der Waals surface area contributed by atoms with Crippen molar-refractivity contribution >= 4 is 11.5 Å². The molecule has 3 heteroatoms. The predicted octanol–water partition coefficient (Wildman–Crippen LogP) is 2.18.